The maximum atomic E-state index is 13.0. The molecule has 3 aromatic carbocycles. The monoisotopic (exact) mass is 476 g/mol. The molecule has 0 aliphatic rings. The van der Waals surface area contributed by atoms with Crippen molar-refractivity contribution in [1.82, 2.24) is 0 Å². The third-order valence-corrected chi connectivity index (χ3v) is 5.10. The number of rotatable bonds is 12. The van der Waals surface area contributed by atoms with E-state index in [0.29, 0.717) is 42.3 Å². The quantitative estimate of drug-likeness (QED) is 0.294. The summed E-state index contributed by atoms with van der Waals surface area (Å²) in [6.45, 7) is 0.916. The first-order chi connectivity index (χ1) is 16.0. The molecule has 0 aliphatic carbocycles. The SMILES string of the molecule is CO[C@@H](Cc1ccc(OCCCOc2ccc(C(O)c3ccc(F)cc3)cc2)cc1)C(=O)[O-].[Na+]. The summed E-state index contributed by atoms with van der Waals surface area (Å²) in [6, 6.07) is 20.0. The van der Waals surface area contributed by atoms with Crippen LogP contribution in [0, 0.1) is 5.82 Å². The van der Waals surface area contributed by atoms with Crippen molar-refractivity contribution < 1.29 is 63.2 Å². The zero-order valence-corrected chi connectivity index (χ0v) is 21.3. The Balaban J connectivity index is 0.00000408. The van der Waals surface area contributed by atoms with E-state index in [4.69, 9.17) is 14.2 Å². The fourth-order valence-corrected chi connectivity index (χ4v) is 3.22. The van der Waals surface area contributed by atoms with Gasteiger partial charge in [0.2, 0.25) is 0 Å². The number of benzene rings is 3. The van der Waals surface area contributed by atoms with Crippen LogP contribution in [0.3, 0.4) is 0 Å². The summed E-state index contributed by atoms with van der Waals surface area (Å²) in [5.74, 6) is -0.226. The Kier molecular flexibility index (Phi) is 11.5. The van der Waals surface area contributed by atoms with Crippen molar-refractivity contribution >= 4 is 5.97 Å². The first-order valence-electron chi connectivity index (χ1n) is 10.6. The van der Waals surface area contributed by atoms with Crippen LogP contribution in [-0.2, 0) is 16.0 Å². The Morgan fingerprint density at radius 3 is 1.82 bits per heavy atom. The van der Waals surface area contributed by atoms with Crippen LogP contribution in [0.1, 0.15) is 29.2 Å². The van der Waals surface area contributed by atoms with E-state index in [1.165, 1.54) is 19.2 Å². The summed E-state index contributed by atoms with van der Waals surface area (Å²) in [5, 5.41) is 21.3. The van der Waals surface area contributed by atoms with E-state index >= 15 is 0 Å². The Hall–Kier alpha value is -2.42. The predicted octanol–water partition coefficient (Wildman–Crippen LogP) is 0.0667. The number of carbonyl (C=O) groups is 1. The molecule has 0 spiro atoms. The molecule has 3 aromatic rings. The number of carboxylic acids is 1. The number of aliphatic hydroxyl groups excluding tert-OH is 1. The molecule has 1 N–H and O–H groups in total. The largest absolute Gasteiger partial charge is 1.00 e. The van der Waals surface area contributed by atoms with E-state index in [1.807, 2.05) is 0 Å². The van der Waals surface area contributed by atoms with Crippen LogP contribution in [0.5, 0.6) is 11.5 Å². The standard InChI is InChI=1S/C26H27FO6.Na/c1-31-24(26(29)30)17-18-3-11-22(12-4-18)32-15-2-16-33-23-13-7-20(8-14-23)25(28)19-5-9-21(27)10-6-19;/h3-14,24-25,28H,2,15-17H2,1H3,(H,29,30);/q;+1/p-1/t24-,25?;/m0./s1. The number of hydrogen-bond acceptors (Lipinski definition) is 6. The van der Waals surface area contributed by atoms with E-state index in [1.54, 1.807) is 60.7 Å². The maximum absolute atomic E-state index is 13.0. The molecule has 0 aromatic heterocycles. The second-order valence-electron chi connectivity index (χ2n) is 7.47. The minimum Gasteiger partial charge on any atom is -0.547 e. The second-order valence-corrected chi connectivity index (χ2v) is 7.47. The van der Waals surface area contributed by atoms with Crippen molar-refractivity contribution in [3.8, 4) is 11.5 Å². The molecule has 0 fully saturated rings. The number of ether oxygens (including phenoxy) is 3. The van der Waals surface area contributed by atoms with Gasteiger partial charge in [0.25, 0.3) is 0 Å². The van der Waals surface area contributed by atoms with Gasteiger partial charge in [0.05, 0.1) is 19.2 Å². The van der Waals surface area contributed by atoms with Crippen molar-refractivity contribution in [2.24, 2.45) is 0 Å². The number of carbonyl (C=O) groups excluding carboxylic acids is 1. The molecule has 0 saturated heterocycles. The van der Waals surface area contributed by atoms with Crippen LogP contribution < -0.4 is 44.1 Å². The van der Waals surface area contributed by atoms with Crippen LogP contribution in [0.2, 0.25) is 0 Å². The summed E-state index contributed by atoms with van der Waals surface area (Å²) >= 11 is 0. The van der Waals surface area contributed by atoms with Crippen LogP contribution in [0.25, 0.3) is 0 Å². The predicted molar refractivity (Wildman–Crippen MR) is 118 cm³/mol. The smallest absolute Gasteiger partial charge is 0.547 e. The van der Waals surface area contributed by atoms with Gasteiger partial charge in [0.15, 0.2) is 0 Å². The molecule has 0 saturated carbocycles. The molecule has 174 valence electrons. The summed E-state index contributed by atoms with van der Waals surface area (Å²) in [5.41, 5.74) is 2.12. The molecular weight excluding hydrogens is 450 g/mol. The van der Waals surface area contributed by atoms with Gasteiger partial charge in [-0.2, -0.15) is 0 Å². The van der Waals surface area contributed by atoms with Gasteiger partial charge in [0, 0.05) is 20.0 Å². The molecule has 0 heterocycles. The summed E-state index contributed by atoms with van der Waals surface area (Å²) in [4.78, 5) is 10.9. The van der Waals surface area contributed by atoms with Gasteiger partial charge in [-0.25, -0.2) is 4.39 Å². The number of methoxy groups -OCH3 is 1. The molecule has 0 radical (unpaired) electrons. The molecule has 3 rings (SSSR count). The zero-order valence-electron chi connectivity index (χ0n) is 19.3. The first-order valence-corrected chi connectivity index (χ1v) is 10.6. The number of carboxylic acid groups (broad SMARTS) is 1. The van der Waals surface area contributed by atoms with Crippen molar-refractivity contribution in [1.29, 1.82) is 0 Å². The molecular formula is C26H26FNaO6. The summed E-state index contributed by atoms with van der Waals surface area (Å²) in [6.07, 6.45) is -0.917. The van der Waals surface area contributed by atoms with Crippen molar-refractivity contribution in [3.05, 3.63) is 95.3 Å². The normalized spacial score (nSPS) is 12.3. The average molecular weight is 476 g/mol. The molecule has 8 heteroatoms. The van der Waals surface area contributed by atoms with Gasteiger partial charge < -0.3 is 29.2 Å². The number of hydrogen-bond donors (Lipinski definition) is 1. The van der Waals surface area contributed by atoms with Crippen molar-refractivity contribution in [3.63, 3.8) is 0 Å². The van der Waals surface area contributed by atoms with Gasteiger partial charge in [-0.15, -0.1) is 0 Å². The topological polar surface area (TPSA) is 88.1 Å². The average Bonchev–Trinajstić information content (AvgIpc) is 2.83. The minimum absolute atomic E-state index is 0. The number of halogens is 1. The maximum Gasteiger partial charge on any atom is 1.00 e. The van der Waals surface area contributed by atoms with Crippen LogP contribution in [-0.4, -0.2) is 37.5 Å². The number of aliphatic carboxylic acids is 1. The van der Waals surface area contributed by atoms with Crippen LogP contribution >= 0.6 is 0 Å². The Morgan fingerprint density at radius 1 is 0.882 bits per heavy atom. The molecule has 0 bridgehead atoms. The van der Waals surface area contributed by atoms with Crippen molar-refractivity contribution in [2.75, 3.05) is 20.3 Å². The van der Waals surface area contributed by atoms with E-state index < -0.39 is 18.2 Å². The molecule has 1 unspecified atom stereocenters. The van der Waals surface area contributed by atoms with Crippen LogP contribution in [0.15, 0.2) is 72.8 Å². The van der Waals surface area contributed by atoms with Gasteiger partial charge in [-0.3, -0.25) is 0 Å². The Bertz CT molecular complexity index is 1010. The molecule has 34 heavy (non-hydrogen) atoms. The third-order valence-electron chi connectivity index (χ3n) is 5.10. The first kappa shape index (κ1) is 27.8. The van der Waals surface area contributed by atoms with Crippen LogP contribution in [0.4, 0.5) is 4.39 Å². The number of aliphatic hydroxyl groups is 1. The minimum atomic E-state index is -1.24. The Morgan fingerprint density at radius 2 is 1.35 bits per heavy atom. The van der Waals surface area contributed by atoms with Gasteiger partial charge in [0.1, 0.15) is 29.5 Å². The van der Waals surface area contributed by atoms with E-state index in [0.717, 1.165) is 5.56 Å². The second kappa shape index (κ2) is 14.1. The fraction of sp³-hybridized carbons (Fsp3) is 0.269. The van der Waals surface area contributed by atoms with Gasteiger partial charge >= 0.3 is 29.6 Å². The zero-order chi connectivity index (χ0) is 23.6. The molecule has 0 aliphatic heterocycles. The van der Waals surface area contributed by atoms with Gasteiger partial charge in [-0.1, -0.05) is 36.4 Å². The van der Waals surface area contributed by atoms with E-state index in [9.17, 15) is 19.4 Å². The summed E-state index contributed by atoms with van der Waals surface area (Å²) < 4.78 is 29.3. The van der Waals surface area contributed by atoms with E-state index in [2.05, 4.69) is 0 Å². The third kappa shape index (κ3) is 8.42. The summed E-state index contributed by atoms with van der Waals surface area (Å²) in [7, 11) is 1.34. The molecule has 6 nitrogen and oxygen atoms in total. The molecule has 2 atom stereocenters. The van der Waals surface area contributed by atoms with Gasteiger partial charge in [-0.05, 0) is 53.1 Å². The van der Waals surface area contributed by atoms with Crippen molar-refractivity contribution in [2.45, 2.75) is 25.0 Å². The van der Waals surface area contributed by atoms with E-state index in [-0.39, 0.29) is 41.8 Å². The Labute approximate surface area is 220 Å². The fourth-order valence-electron chi connectivity index (χ4n) is 3.22. The molecule has 0 amide bonds.